The molecule has 0 saturated heterocycles. The molecule has 3 heterocycles. The van der Waals surface area contributed by atoms with Crippen molar-refractivity contribution in [3.8, 4) is 0 Å². The van der Waals surface area contributed by atoms with Crippen molar-refractivity contribution in [2.45, 2.75) is 175 Å². The van der Waals surface area contributed by atoms with Crippen LogP contribution >= 0.6 is 11.8 Å². The van der Waals surface area contributed by atoms with Gasteiger partial charge in [-0.2, -0.15) is 0 Å². The van der Waals surface area contributed by atoms with Crippen LogP contribution in [-0.4, -0.2) is 161 Å². The zero-order valence-corrected chi connectivity index (χ0v) is 61.6. The number of aromatic amines is 3. The van der Waals surface area contributed by atoms with E-state index in [0.717, 1.165) is 43.8 Å². The summed E-state index contributed by atoms with van der Waals surface area (Å²) in [6.07, 6.45) is 10.5. The standard InChI is InChI=1S/C79H108N18O9S/c80-38-18-13-30-58(85)72(99)91-63(35-15-20-40-82)74(101)94-67(44-53-47-88-60-32-11-8-28-56(53)60)77(104)96-66(43-52-46-87-59-31-10-7-27-55(52)59)76(103)93-64(36-16-21-41-83)73(100)92-65(37-17-22-42-84)75(102)95-68(45-54-48-89-61-33-12-9-29-57(54)61)78(105)97-69(79(106)90-62(71(86)98)34-14-19-39-81)49-107-70(50-23-3-1-4-24-50)51-25-5-2-6-26-51/h1-12,23-29,31-33,46-48,58,62-70,87-89H,13-22,30,34-45,49,80-85H2,(H2,86,98)(H,90,106)(H,91,99)(H,92,100)(H,93,103)(H,94,101)(H,95,102)(H,96,104)(H,97,105)/t58-,62-,63-,64-,65-,66-,67-,68-,69-/m1/s1. The van der Waals surface area contributed by atoms with E-state index in [-0.39, 0.29) is 69.0 Å². The number of nitrogens with two attached hydrogens (primary N) is 7. The number of aromatic nitrogens is 3. The zero-order valence-electron chi connectivity index (χ0n) is 60.8. The van der Waals surface area contributed by atoms with E-state index < -0.39 is 108 Å². The Morgan fingerprint density at radius 3 is 0.935 bits per heavy atom. The molecule has 0 aliphatic rings. The van der Waals surface area contributed by atoms with E-state index in [0.29, 0.717) is 107 Å². The number of carbonyl (C=O) groups excluding carboxylic acids is 9. The van der Waals surface area contributed by atoms with Crippen molar-refractivity contribution in [2.24, 2.45) is 40.1 Å². The number of benzene rings is 5. The Kier molecular flexibility index (Phi) is 33.7. The van der Waals surface area contributed by atoms with Crippen molar-refractivity contribution in [1.82, 2.24) is 57.5 Å². The minimum atomic E-state index is -1.42. The summed E-state index contributed by atoms with van der Waals surface area (Å²) in [4.78, 5) is 143. The third kappa shape index (κ3) is 25.1. The Morgan fingerprint density at radius 2 is 0.589 bits per heavy atom. The first-order valence-corrected chi connectivity index (χ1v) is 38.3. The van der Waals surface area contributed by atoms with Crippen LogP contribution < -0.4 is 82.7 Å². The van der Waals surface area contributed by atoms with Gasteiger partial charge in [-0.05, 0) is 169 Å². The molecule has 0 saturated carbocycles. The number of unbranched alkanes of at least 4 members (excludes halogenated alkanes) is 5. The van der Waals surface area contributed by atoms with Gasteiger partial charge in [-0.3, -0.25) is 43.2 Å². The number of primary amides is 1. The molecule has 5 aromatic carbocycles. The van der Waals surface area contributed by atoms with Crippen LogP contribution in [0.5, 0.6) is 0 Å². The van der Waals surface area contributed by atoms with E-state index in [9.17, 15) is 19.2 Å². The summed E-state index contributed by atoms with van der Waals surface area (Å²) in [6.45, 7) is 1.60. The van der Waals surface area contributed by atoms with Gasteiger partial charge in [0.15, 0.2) is 0 Å². The minimum absolute atomic E-state index is 0.0123. The van der Waals surface area contributed by atoms with Crippen LogP contribution in [-0.2, 0) is 62.4 Å². The largest absolute Gasteiger partial charge is 0.368 e. The first-order chi connectivity index (χ1) is 51.9. The van der Waals surface area contributed by atoms with Gasteiger partial charge in [-0.1, -0.05) is 122 Å². The predicted molar refractivity (Wildman–Crippen MR) is 420 cm³/mol. The highest BCUT2D eigenvalue weighted by Crippen LogP contribution is 2.36. The minimum Gasteiger partial charge on any atom is -0.368 e. The maximum Gasteiger partial charge on any atom is 0.244 e. The molecule has 0 aliphatic heterocycles. The van der Waals surface area contributed by atoms with Crippen molar-refractivity contribution in [1.29, 1.82) is 0 Å². The summed E-state index contributed by atoms with van der Waals surface area (Å²) < 4.78 is 0. The second-order valence-electron chi connectivity index (χ2n) is 27.1. The maximum atomic E-state index is 15.5. The van der Waals surface area contributed by atoms with Gasteiger partial charge in [0.05, 0.1) is 11.3 Å². The van der Waals surface area contributed by atoms with Crippen molar-refractivity contribution in [2.75, 3.05) is 38.5 Å². The van der Waals surface area contributed by atoms with E-state index in [1.807, 2.05) is 133 Å². The summed E-state index contributed by atoms with van der Waals surface area (Å²) in [6, 6.07) is 30.3. The van der Waals surface area contributed by atoms with E-state index in [1.165, 1.54) is 11.8 Å². The SMILES string of the molecule is NCCCC[C@@H](N)C(=O)N[C@H](CCCCN)C(=O)N[C@H](Cc1c[nH]c2ccccc12)C(=O)N[C@H](Cc1c[nH]c2ccccc12)C(=O)N[C@H](CCCCN)C(=O)N[C@H](CCCCN)C(=O)N[C@H](Cc1c[nH]c2ccccc12)C(=O)N[C@H](CSC(c1ccccc1)c1ccccc1)C(=O)N[C@H](CCCCN)C(N)=O. The number of fused-ring (bicyclic) bond motifs is 3. The number of amides is 9. The highest BCUT2D eigenvalue weighted by molar-refractivity contribution is 7.99. The van der Waals surface area contributed by atoms with Crippen molar-refractivity contribution < 1.29 is 43.2 Å². The van der Waals surface area contributed by atoms with Gasteiger partial charge in [0.25, 0.3) is 0 Å². The molecule has 574 valence electrons. The monoisotopic (exact) mass is 1480 g/mol. The van der Waals surface area contributed by atoms with Gasteiger partial charge in [0, 0.05) is 76.3 Å². The van der Waals surface area contributed by atoms with Crippen LogP contribution in [0.3, 0.4) is 0 Å². The molecule has 0 fully saturated rings. The molecule has 27 nitrogen and oxygen atoms in total. The third-order valence-electron chi connectivity index (χ3n) is 19.1. The number of nitrogens with one attached hydrogen (secondary N) is 11. The molecule has 0 bridgehead atoms. The molecule has 8 rings (SSSR count). The Balaban J connectivity index is 1.10. The quantitative estimate of drug-likeness (QED) is 0.0240. The number of hydrogen-bond acceptors (Lipinski definition) is 16. The van der Waals surface area contributed by atoms with E-state index in [4.69, 9.17) is 40.1 Å². The van der Waals surface area contributed by atoms with Crippen molar-refractivity contribution >= 4 is 97.6 Å². The lowest BCUT2D eigenvalue weighted by Crippen LogP contribution is -2.61. The second kappa shape index (κ2) is 43.6. The smallest absolute Gasteiger partial charge is 0.244 e. The van der Waals surface area contributed by atoms with Crippen LogP contribution in [0.25, 0.3) is 32.7 Å². The maximum absolute atomic E-state index is 15.5. The molecule has 8 aromatic rings. The highest BCUT2D eigenvalue weighted by atomic mass is 32.2. The van der Waals surface area contributed by atoms with Crippen LogP contribution in [0.2, 0.25) is 0 Å². The van der Waals surface area contributed by atoms with Gasteiger partial charge in [0.1, 0.15) is 48.3 Å². The molecule has 0 spiro atoms. The second-order valence-corrected chi connectivity index (χ2v) is 28.3. The summed E-state index contributed by atoms with van der Waals surface area (Å²) in [5, 5.41) is 25.2. The van der Waals surface area contributed by atoms with Gasteiger partial charge < -0.3 is 97.6 Å². The average Bonchev–Trinajstić information content (AvgIpc) is 1.66. The summed E-state index contributed by atoms with van der Waals surface area (Å²) in [5.41, 5.74) is 47.8. The average molecular weight is 1490 g/mol. The molecule has 25 N–H and O–H groups in total. The molecule has 107 heavy (non-hydrogen) atoms. The molecule has 3 aromatic heterocycles. The summed E-state index contributed by atoms with van der Waals surface area (Å²) >= 11 is 1.40. The Bertz CT molecular complexity index is 4110. The lowest BCUT2D eigenvalue weighted by Gasteiger charge is -2.29. The third-order valence-corrected chi connectivity index (χ3v) is 20.5. The topological polar surface area (TPSA) is 479 Å². The van der Waals surface area contributed by atoms with Crippen molar-refractivity contribution in [3.05, 3.63) is 180 Å². The molecule has 0 aliphatic carbocycles. The lowest BCUT2D eigenvalue weighted by molar-refractivity contribution is -0.136. The highest BCUT2D eigenvalue weighted by Gasteiger charge is 2.37. The number of para-hydroxylation sites is 3. The zero-order chi connectivity index (χ0) is 76.5. The molecule has 9 amide bonds. The van der Waals surface area contributed by atoms with E-state index in [1.54, 1.807) is 18.6 Å². The van der Waals surface area contributed by atoms with Crippen LogP contribution in [0.4, 0.5) is 0 Å². The summed E-state index contributed by atoms with van der Waals surface area (Å²) in [7, 11) is 0. The fraction of sp³-hybridized carbons (Fsp3) is 0.430. The first kappa shape index (κ1) is 82.7. The molecule has 28 heteroatoms. The van der Waals surface area contributed by atoms with Crippen molar-refractivity contribution in [3.63, 3.8) is 0 Å². The number of H-pyrrole nitrogens is 3. The molecular weight excluding hydrogens is 1380 g/mol. The van der Waals surface area contributed by atoms with Crippen LogP contribution in [0.15, 0.2) is 152 Å². The lowest BCUT2D eigenvalue weighted by atomic mass is 10.00. The van der Waals surface area contributed by atoms with Crippen LogP contribution in [0.1, 0.15) is 129 Å². The molecule has 9 atom stereocenters. The number of carbonyl (C=O) groups is 9. The van der Waals surface area contributed by atoms with Gasteiger partial charge in [0.2, 0.25) is 53.2 Å². The number of rotatable bonds is 48. The fourth-order valence-corrected chi connectivity index (χ4v) is 14.4. The number of thioether (sulfide) groups is 1. The molecular formula is C79H108N18O9S. The molecule has 0 radical (unpaired) electrons. The Labute approximate surface area is 628 Å². The van der Waals surface area contributed by atoms with Gasteiger partial charge in [-0.25, -0.2) is 0 Å². The normalized spacial score (nSPS) is 14.0. The fourth-order valence-electron chi connectivity index (χ4n) is 13.1. The van der Waals surface area contributed by atoms with Gasteiger partial charge >= 0.3 is 0 Å². The van der Waals surface area contributed by atoms with Gasteiger partial charge in [-0.15, -0.1) is 11.8 Å². The number of hydrogen-bond donors (Lipinski definition) is 18. The van der Waals surface area contributed by atoms with E-state index >= 15 is 24.0 Å². The predicted octanol–water partition coefficient (Wildman–Crippen LogP) is 4.02. The van der Waals surface area contributed by atoms with E-state index in [2.05, 4.69) is 57.5 Å². The van der Waals surface area contributed by atoms with Crippen LogP contribution in [0, 0.1) is 0 Å². The Hall–Kier alpha value is -9.94. The first-order valence-electron chi connectivity index (χ1n) is 37.3. The summed E-state index contributed by atoms with van der Waals surface area (Å²) in [5.74, 6) is -6.52. The molecule has 0 unspecified atom stereocenters. The Morgan fingerprint density at radius 1 is 0.318 bits per heavy atom.